The number of hydrogen-bond acceptors (Lipinski definition) is 2. The largest absolute Gasteiger partial charge is 0.240 e. The Morgan fingerprint density at radius 1 is 0.719 bits per heavy atom. The molecule has 2 aromatic rings. The van der Waals surface area contributed by atoms with E-state index in [0.717, 1.165) is 15.6 Å². The van der Waals surface area contributed by atoms with Crippen molar-refractivity contribution in [1.29, 1.82) is 0 Å². The van der Waals surface area contributed by atoms with Crippen molar-refractivity contribution in [3.05, 3.63) is 61.5 Å². The highest BCUT2D eigenvalue weighted by molar-refractivity contribution is 9.10. The van der Waals surface area contributed by atoms with Crippen LogP contribution in [-0.2, 0) is 10.0 Å². The SMILES string of the molecule is CC(C)c1ccc(C(C)C)c(Br)c1.CCNS(=O)(=O)c1cc(C(C)C)c(Br)cc1C(C)C. The molecule has 0 fully saturated rings. The van der Waals surface area contributed by atoms with Crippen molar-refractivity contribution in [2.75, 3.05) is 6.54 Å². The molecule has 0 saturated carbocycles. The van der Waals surface area contributed by atoms with E-state index >= 15 is 0 Å². The summed E-state index contributed by atoms with van der Waals surface area (Å²) in [4.78, 5) is 0.399. The van der Waals surface area contributed by atoms with Crippen LogP contribution in [0.1, 0.15) is 108 Å². The van der Waals surface area contributed by atoms with E-state index in [9.17, 15) is 8.42 Å². The van der Waals surface area contributed by atoms with Gasteiger partial charge >= 0.3 is 0 Å². The Kier molecular flexibility index (Phi) is 11.6. The minimum absolute atomic E-state index is 0.154. The molecule has 0 aliphatic carbocycles. The van der Waals surface area contributed by atoms with Crippen molar-refractivity contribution in [3.8, 4) is 0 Å². The fourth-order valence-electron chi connectivity index (χ4n) is 3.35. The maximum atomic E-state index is 12.3. The van der Waals surface area contributed by atoms with Crippen molar-refractivity contribution >= 4 is 41.9 Å². The second-order valence-corrected chi connectivity index (χ2v) is 12.8. The Morgan fingerprint density at radius 2 is 1.22 bits per heavy atom. The van der Waals surface area contributed by atoms with Crippen LogP contribution >= 0.6 is 31.9 Å². The van der Waals surface area contributed by atoms with E-state index in [1.165, 1.54) is 15.6 Å². The molecule has 180 valence electrons. The minimum Gasteiger partial charge on any atom is -0.211 e. The molecule has 32 heavy (non-hydrogen) atoms. The molecule has 0 aromatic heterocycles. The number of nitrogens with one attached hydrogen (secondary N) is 1. The summed E-state index contributed by atoms with van der Waals surface area (Å²) < 4.78 is 29.4. The van der Waals surface area contributed by atoms with E-state index in [-0.39, 0.29) is 11.8 Å². The average Bonchev–Trinajstić information content (AvgIpc) is 2.67. The fraction of sp³-hybridized carbons (Fsp3) is 0.538. The molecule has 0 unspecified atom stereocenters. The third-order valence-electron chi connectivity index (χ3n) is 5.31. The maximum Gasteiger partial charge on any atom is 0.240 e. The van der Waals surface area contributed by atoms with Crippen LogP contribution in [0.25, 0.3) is 0 Å². The molecule has 0 saturated heterocycles. The zero-order chi connectivity index (χ0) is 24.8. The van der Waals surface area contributed by atoms with Gasteiger partial charge in [-0.1, -0.05) is 106 Å². The van der Waals surface area contributed by atoms with E-state index in [2.05, 4.69) is 96.3 Å². The summed E-state index contributed by atoms with van der Waals surface area (Å²) in [7, 11) is -3.43. The van der Waals surface area contributed by atoms with E-state index in [1.54, 1.807) is 13.0 Å². The van der Waals surface area contributed by atoms with Gasteiger partial charge in [0.25, 0.3) is 0 Å². The standard InChI is InChI=1S/C14H22BrNO2S.C12H17Br/c1-6-16-19(17,18)14-8-11(9(2)3)13(15)7-12(14)10(4)5;1-8(2)10-5-6-11(9(3)4)12(13)7-10/h7-10,16H,6H2,1-5H3;5-9H,1-4H3. The Balaban J connectivity index is 0.000000343. The summed E-state index contributed by atoms with van der Waals surface area (Å²) in [5, 5.41) is 0. The van der Waals surface area contributed by atoms with Gasteiger partial charge in [-0.05, 0) is 64.1 Å². The van der Waals surface area contributed by atoms with Gasteiger partial charge in [0, 0.05) is 15.5 Å². The molecule has 6 heteroatoms. The van der Waals surface area contributed by atoms with Crippen LogP contribution in [0.5, 0.6) is 0 Å². The van der Waals surface area contributed by atoms with Gasteiger partial charge in [-0.2, -0.15) is 0 Å². The summed E-state index contributed by atoms with van der Waals surface area (Å²) in [5.41, 5.74) is 4.65. The number of benzene rings is 2. The zero-order valence-corrected chi connectivity index (χ0v) is 24.9. The summed E-state index contributed by atoms with van der Waals surface area (Å²) in [6.45, 7) is 19.2. The Hall–Kier alpha value is -0.690. The summed E-state index contributed by atoms with van der Waals surface area (Å²) in [5.74, 6) is 1.63. The van der Waals surface area contributed by atoms with E-state index in [0.29, 0.717) is 23.3 Å². The smallest absolute Gasteiger partial charge is 0.211 e. The highest BCUT2D eigenvalue weighted by Gasteiger charge is 2.22. The first-order chi connectivity index (χ1) is 14.7. The molecular formula is C26H39Br2NO2S. The van der Waals surface area contributed by atoms with Gasteiger partial charge in [0.1, 0.15) is 0 Å². The molecule has 0 amide bonds. The normalized spacial score (nSPS) is 12.0. The van der Waals surface area contributed by atoms with Crippen LogP contribution < -0.4 is 4.72 Å². The second-order valence-electron chi connectivity index (χ2n) is 9.31. The van der Waals surface area contributed by atoms with E-state index in [4.69, 9.17) is 0 Å². The van der Waals surface area contributed by atoms with Crippen LogP contribution in [0.3, 0.4) is 0 Å². The number of halogens is 2. The molecule has 0 spiro atoms. The predicted octanol–water partition coefficient (Wildman–Crippen LogP) is 8.69. The first-order valence-electron chi connectivity index (χ1n) is 11.3. The lowest BCUT2D eigenvalue weighted by atomic mass is 9.97. The van der Waals surface area contributed by atoms with Gasteiger partial charge in [0.2, 0.25) is 10.0 Å². The summed E-state index contributed by atoms with van der Waals surface area (Å²) in [6.07, 6.45) is 0. The molecule has 2 rings (SSSR count). The lowest BCUT2D eigenvalue weighted by Gasteiger charge is -2.18. The molecule has 0 aliphatic heterocycles. The van der Waals surface area contributed by atoms with Crippen LogP contribution in [0.2, 0.25) is 0 Å². The first kappa shape index (κ1) is 29.3. The zero-order valence-electron chi connectivity index (χ0n) is 20.9. The lowest BCUT2D eigenvalue weighted by Crippen LogP contribution is -2.25. The summed E-state index contributed by atoms with van der Waals surface area (Å²) in [6, 6.07) is 10.4. The fourth-order valence-corrected chi connectivity index (χ4v) is 6.45. The molecule has 0 atom stereocenters. The molecule has 0 aliphatic rings. The van der Waals surface area contributed by atoms with Crippen LogP contribution in [-0.4, -0.2) is 15.0 Å². The molecule has 3 nitrogen and oxygen atoms in total. The first-order valence-corrected chi connectivity index (χ1v) is 14.4. The Morgan fingerprint density at radius 3 is 1.62 bits per heavy atom. The Labute approximate surface area is 213 Å². The highest BCUT2D eigenvalue weighted by Crippen LogP contribution is 2.33. The second kappa shape index (κ2) is 12.7. The van der Waals surface area contributed by atoms with Crippen LogP contribution in [0.15, 0.2) is 44.2 Å². The molecule has 0 radical (unpaired) electrons. The molecule has 0 bridgehead atoms. The summed E-state index contributed by atoms with van der Waals surface area (Å²) >= 11 is 7.16. The van der Waals surface area contributed by atoms with Crippen molar-refractivity contribution in [2.45, 2.75) is 90.9 Å². The molecule has 0 heterocycles. The van der Waals surface area contributed by atoms with Crippen molar-refractivity contribution < 1.29 is 8.42 Å². The highest BCUT2D eigenvalue weighted by atomic mass is 79.9. The van der Waals surface area contributed by atoms with Crippen LogP contribution in [0, 0.1) is 0 Å². The van der Waals surface area contributed by atoms with Gasteiger partial charge in [-0.3, -0.25) is 0 Å². The average molecular weight is 589 g/mol. The van der Waals surface area contributed by atoms with E-state index in [1.807, 2.05) is 19.9 Å². The van der Waals surface area contributed by atoms with Gasteiger partial charge in [-0.15, -0.1) is 0 Å². The van der Waals surface area contributed by atoms with E-state index < -0.39 is 10.0 Å². The molecule has 2 aromatic carbocycles. The number of sulfonamides is 1. The number of hydrogen-bond donors (Lipinski definition) is 1. The van der Waals surface area contributed by atoms with Gasteiger partial charge in [0.15, 0.2) is 0 Å². The topological polar surface area (TPSA) is 46.2 Å². The van der Waals surface area contributed by atoms with Crippen LogP contribution in [0.4, 0.5) is 0 Å². The third-order valence-corrected chi connectivity index (χ3v) is 8.28. The minimum atomic E-state index is -3.43. The monoisotopic (exact) mass is 587 g/mol. The van der Waals surface area contributed by atoms with Gasteiger partial charge in [0.05, 0.1) is 4.90 Å². The van der Waals surface area contributed by atoms with Crippen molar-refractivity contribution in [2.24, 2.45) is 0 Å². The Bertz CT molecular complexity index is 997. The predicted molar refractivity (Wildman–Crippen MR) is 146 cm³/mol. The van der Waals surface area contributed by atoms with Gasteiger partial charge < -0.3 is 0 Å². The molecule has 1 N–H and O–H groups in total. The molecular weight excluding hydrogens is 550 g/mol. The quantitative estimate of drug-likeness (QED) is 0.351. The third kappa shape index (κ3) is 7.96. The van der Waals surface area contributed by atoms with Gasteiger partial charge in [-0.25, -0.2) is 13.1 Å². The van der Waals surface area contributed by atoms with Crippen molar-refractivity contribution in [1.82, 2.24) is 4.72 Å². The van der Waals surface area contributed by atoms with Crippen molar-refractivity contribution in [3.63, 3.8) is 0 Å². The lowest BCUT2D eigenvalue weighted by molar-refractivity contribution is 0.581. The number of rotatable bonds is 7. The maximum absolute atomic E-state index is 12.3.